The van der Waals surface area contributed by atoms with Gasteiger partial charge in [-0.2, -0.15) is 0 Å². The lowest BCUT2D eigenvalue weighted by atomic mass is 10.4. The maximum absolute atomic E-state index is 10.9. The summed E-state index contributed by atoms with van der Waals surface area (Å²) in [6.45, 7) is 1.38. The lowest BCUT2D eigenvalue weighted by molar-refractivity contribution is -0.114. The molecule has 2 amide bonds. The first-order valence-electron chi connectivity index (χ1n) is 4.22. The fraction of sp³-hybridized carbons (Fsp3) is 0.222. The smallest absolute Gasteiger partial charge is 0.240 e. The Morgan fingerprint density at radius 2 is 1.93 bits per heavy atom. The maximum atomic E-state index is 10.9. The van der Waals surface area contributed by atoms with E-state index in [0.29, 0.717) is 11.6 Å². The SMILES string of the molecule is CC(=O)Nc1cccc(NC(=O)CCl)n1. The number of pyridine rings is 1. The van der Waals surface area contributed by atoms with Crippen LogP contribution in [0.3, 0.4) is 0 Å². The van der Waals surface area contributed by atoms with E-state index in [1.807, 2.05) is 0 Å². The summed E-state index contributed by atoms with van der Waals surface area (Å²) in [5.74, 6) is 0.0423. The molecule has 0 radical (unpaired) electrons. The highest BCUT2D eigenvalue weighted by molar-refractivity contribution is 6.29. The van der Waals surface area contributed by atoms with E-state index < -0.39 is 0 Å². The van der Waals surface area contributed by atoms with Crippen molar-refractivity contribution in [2.24, 2.45) is 0 Å². The van der Waals surface area contributed by atoms with Crippen molar-refractivity contribution in [3.05, 3.63) is 18.2 Å². The van der Waals surface area contributed by atoms with E-state index in [4.69, 9.17) is 11.6 Å². The molecule has 15 heavy (non-hydrogen) atoms. The van der Waals surface area contributed by atoms with Crippen molar-refractivity contribution in [3.8, 4) is 0 Å². The lowest BCUT2D eigenvalue weighted by Crippen LogP contribution is -2.14. The number of halogens is 1. The molecule has 0 aliphatic carbocycles. The summed E-state index contributed by atoms with van der Waals surface area (Å²) in [5.41, 5.74) is 0. The second-order valence-corrected chi connectivity index (χ2v) is 3.04. The van der Waals surface area contributed by atoms with Crippen LogP contribution in [0.4, 0.5) is 11.6 Å². The van der Waals surface area contributed by atoms with Gasteiger partial charge in [-0.1, -0.05) is 6.07 Å². The Morgan fingerprint density at radius 1 is 1.33 bits per heavy atom. The first kappa shape index (κ1) is 11.5. The Kier molecular flexibility index (Phi) is 4.05. The Morgan fingerprint density at radius 3 is 2.47 bits per heavy atom. The third-order valence-corrected chi connectivity index (χ3v) is 1.68. The highest BCUT2D eigenvalue weighted by Gasteiger charge is 2.02. The normalized spacial score (nSPS) is 9.47. The van der Waals surface area contributed by atoms with Crippen molar-refractivity contribution >= 4 is 35.1 Å². The van der Waals surface area contributed by atoms with Gasteiger partial charge in [-0.15, -0.1) is 11.6 Å². The van der Waals surface area contributed by atoms with E-state index in [2.05, 4.69) is 15.6 Å². The van der Waals surface area contributed by atoms with Crippen molar-refractivity contribution < 1.29 is 9.59 Å². The van der Waals surface area contributed by atoms with Gasteiger partial charge in [-0.05, 0) is 12.1 Å². The largest absolute Gasteiger partial charge is 0.311 e. The molecule has 80 valence electrons. The molecule has 5 nitrogen and oxygen atoms in total. The van der Waals surface area contributed by atoms with Crippen molar-refractivity contribution in [1.82, 2.24) is 4.98 Å². The fourth-order valence-electron chi connectivity index (χ4n) is 0.931. The number of nitrogens with one attached hydrogen (secondary N) is 2. The van der Waals surface area contributed by atoms with Crippen LogP contribution in [0.25, 0.3) is 0 Å². The van der Waals surface area contributed by atoms with Gasteiger partial charge < -0.3 is 10.6 Å². The number of hydrogen-bond acceptors (Lipinski definition) is 3. The number of amides is 2. The number of rotatable bonds is 3. The van der Waals surface area contributed by atoms with Crippen LogP contribution in [0.1, 0.15) is 6.92 Å². The average Bonchev–Trinajstić information content (AvgIpc) is 2.17. The van der Waals surface area contributed by atoms with E-state index in [-0.39, 0.29) is 17.7 Å². The van der Waals surface area contributed by atoms with Gasteiger partial charge in [0.15, 0.2) is 0 Å². The molecule has 0 saturated carbocycles. The Balaban J connectivity index is 2.74. The molecule has 1 aromatic heterocycles. The molecule has 6 heteroatoms. The van der Waals surface area contributed by atoms with Gasteiger partial charge in [0, 0.05) is 6.92 Å². The van der Waals surface area contributed by atoms with Crippen molar-refractivity contribution in [1.29, 1.82) is 0 Å². The monoisotopic (exact) mass is 227 g/mol. The highest BCUT2D eigenvalue weighted by Crippen LogP contribution is 2.08. The van der Waals surface area contributed by atoms with E-state index in [1.165, 1.54) is 6.92 Å². The third kappa shape index (κ3) is 3.95. The van der Waals surface area contributed by atoms with Crippen LogP contribution >= 0.6 is 11.6 Å². The van der Waals surface area contributed by atoms with Crippen LogP contribution < -0.4 is 10.6 Å². The predicted molar refractivity (Wildman–Crippen MR) is 57.9 cm³/mol. The first-order chi connectivity index (χ1) is 7.11. The van der Waals surface area contributed by atoms with Gasteiger partial charge in [-0.25, -0.2) is 4.98 Å². The summed E-state index contributed by atoms with van der Waals surface area (Å²) in [5, 5.41) is 4.97. The van der Waals surface area contributed by atoms with Crippen LogP contribution in [0.5, 0.6) is 0 Å². The molecule has 0 fully saturated rings. The Labute approximate surface area is 91.8 Å². The van der Waals surface area contributed by atoms with E-state index in [1.54, 1.807) is 18.2 Å². The molecule has 0 aromatic carbocycles. The second kappa shape index (κ2) is 5.31. The highest BCUT2D eigenvalue weighted by atomic mass is 35.5. The summed E-state index contributed by atoms with van der Waals surface area (Å²) >= 11 is 5.32. The summed E-state index contributed by atoms with van der Waals surface area (Å²) in [4.78, 5) is 25.7. The van der Waals surface area contributed by atoms with Crippen LogP contribution in [0, 0.1) is 0 Å². The fourth-order valence-corrected chi connectivity index (χ4v) is 0.997. The van der Waals surface area contributed by atoms with Gasteiger partial charge in [0.1, 0.15) is 17.5 Å². The number of alkyl halides is 1. The summed E-state index contributed by atoms with van der Waals surface area (Å²) in [7, 11) is 0. The van der Waals surface area contributed by atoms with Crippen LogP contribution in [0.15, 0.2) is 18.2 Å². The van der Waals surface area contributed by atoms with E-state index in [0.717, 1.165) is 0 Å². The van der Waals surface area contributed by atoms with Gasteiger partial charge in [0.2, 0.25) is 11.8 Å². The molecule has 1 aromatic rings. The van der Waals surface area contributed by atoms with Crippen LogP contribution in [0.2, 0.25) is 0 Å². The van der Waals surface area contributed by atoms with Gasteiger partial charge in [-0.3, -0.25) is 9.59 Å². The molecule has 0 aliphatic heterocycles. The number of anilines is 2. The zero-order valence-corrected chi connectivity index (χ0v) is 8.84. The summed E-state index contributed by atoms with van der Waals surface area (Å²) in [6.07, 6.45) is 0. The zero-order chi connectivity index (χ0) is 11.3. The average molecular weight is 228 g/mol. The minimum atomic E-state index is -0.343. The molecule has 0 aliphatic rings. The van der Waals surface area contributed by atoms with E-state index in [9.17, 15) is 9.59 Å². The maximum Gasteiger partial charge on any atom is 0.240 e. The topological polar surface area (TPSA) is 71.1 Å². The number of nitrogens with zero attached hydrogens (tertiary/aromatic N) is 1. The van der Waals surface area contributed by atoms with Crippen molar-refractivity contribution in [2.45, 2.75) is 6.92 Å². The van der Waals surface area contributed by atoms with E-state index >= 15 is 0 Å². The number of carbonyl (C=O) groups excluding carboxylic acids is 2. The zero-order valence-electron chi connectivity index (χ0n) is 8.08. The molecular weight excluding hydrogens is 218 g/mol. The molecule has 0 spiro atoms. The predicted octanol–water partition coefficient (Wildman–Crippen LogP) is 1.22. The standard InChI is InChI=1S/C9H10ClN3O2/c1-6(14)11-7-3-2-4-8(12-7)13-9(15)5-10/h2-4H,5H2,1H3,(H2,11,12,13,14,15). The molecule has 0 atom stereocenters. The van der Waals surface area contributed by atoms with Crippen molar-refractivity contribution in [2.75, 3.05) is 16.5 Å². The summed E-state index contributed by atoms with van der Waals surface area (Å²) < 4.78 is 0. The third-order valence-electron chi connectivity index (χ3n) is 1.44. The number of hydrogen-bond donors (Lipinski definition) is 2. The first-order valence-corrected chi connectivity index (χ1v) is 4.75. The van der Waals surface area contributed by atoms with Crippen LogP contribution in [-0.4, -0.2) is 22.7 Å². The number of carbonyl (C=O) groups is 2. The summed E-state index contributed by atoms with van der Waals surface area (Å²) in [6, 6.07) is 4.90. The molecule has 1 rings (SSSR count). The van der Waals surface area contributed by atoms with Crippen LogP contribution in [-0.2, 0) is 9.59 Å². The second-order valence-electron chi connectivity index (χ2n) is 2.77. The minimum Gasteiger partial charge on any atom is -0.311 e. The quantitative estimate of drug-likeness (QED) is 0.763. The van der Waals surface area contributed by atoms with Gasteiger partial charge >= 0.3 is 0 Å². The molecule has 0 bridgehead atoms. The minimum absolute atomic E-state index is 0.133. The molecule has 0 unspecified atom stereocenters. The Hall–Kier alpha value is -1.62. The Bertz CT molecular complexity index is 381. The van der Waals surface area contributed by atoms with Gasteiger partial charge in [0.25, 0.3) is 0 Å². The number of aromatic nitrogens is 1. The lowest BCUT2D eigenvalue weighted by Gasteiger charge is -2.04. The molecule has 2 N–H and O–H groups in total. The van der Waals surface area contributed by atoms with Gasteiger partial charge in [0.05, 0.1) is 0 Å². The van der Waals surface area contributed by atoms with Crippen molar-refractivity contribution in [3.63, 3.8) is 0 Å². The molecule has 1 heterocycles. The molecular formula is C9H10ClN3O2. The molecule has 0 saturated heterocycles.